The molecule has 0 aromatic rings. The van der Waals surface area contributed by atoms with E-state index in [1.165, 1.54) is 0 Å². The van der Waals surface area contributed by atoms with Gasteiger partial charge in [0.05, 0.1) is 0 Å². The smallest absolute Gasteiger partial charge is 0.230 e. The van der Waals surface area contributed by atoms with Crippen LogP contribution in [0.1, 0.15) is 19.3 Å². The van der Waals surface area contributed by atoms with Crippen LogP contribution in [-0.4, -0.2) is 29.9 Å². The van der Waals surface area contributed by atoms with Crippen LogP contribution in [0.25, 0.3) is 0 Å². The van der Waals surface area contributed by atoms with Gasteiger partial charge in [-0.2, -0.15) is 0 Å². The molecule has 2 heterocycles. The Kier molecular flexibility index (Phi) is 2.13. The topological polar surface area (TPSA) is 32.3 Å². The number of rotatable bonds is 1. The Bertz CT molecular complexity index is 207. The van der Waals surface area contributed by atoms with Gasteiger partial charge in [0.25, 0.3) is 0 Å². The highest BCUT2D eigenvalue weighted by atomic mass is 16.2. The van der Waals surface area contributed by atoms with Crippen LogP contribution in [0.5, 0.6) is 0 Å². The molecule has 2 rings (SSSR count). The SMILES string of the molecule is O=C1CC=CN1C1CCNCC1. The number of nitrogens with zero attached hydrogens (tertiary/aromatic N) is 1. The van der Waals surface area contributed by atoms with Crippen molar-refractivity contribution >= 4 is 5.91 Å². The minimum atomic E-state index is 0.266. The van der Waals surface area contributed by atoms with E-state index in [0.29, 0.717) is 12.5 Å². The number of amides is 1. The van der Waals surface area contributed by atoms with Crippen LogP contribution < -0.4 is 5.32 Å². The van der Waals surface area contributed by atoms with Gasteiger partial charge in [-0.25, -0.2) is 0 Å². The molecule has 12 heavy (non-hydrogen) atoms. The zero-order chi connectivity index (χ0) is 8.39. The maximum atomic E-state index is 11.3. The monoisotopic (exact) mass is 166 g/mol. The van der Waals surface area contributed by atoms with Crippen LogP contribution in [-0.2, 0) is 4.79 Å². The fourth-order valence-corrected chi connectivity index (χ4v) is 1.87. The molecule has 0 atom stereocenters. The molecule has 0 radical (unpaired) electrons. The summed E-state index contributed by atoms with van der Waals surface area (Å²) >= 11 is 0. The Hall–Kier alpha value is -0.830. The molecule has 1 saturated heterocycles. The first kappa shape index (κ1) is 7.80. The van der Waals surface area contributed by atoms with Crippen LogP contribution >= 0.6 is 0 Å². The average molecular weight is 166 g/mol. The molecular weight excluding hydrogens is 152 g/mol. The van der Waals surface area contributed by atoms with Gasteiger partial charge in [-0.05, 0) is 25.9 Å². The standard InChI is InChI=1S/C9H14N2O/c12-9-2-1-7-11(9)8-3-5-10-6-4-8/h1,7-8,10H,2-6H2. The maximum absolute atomic E-state index is 11.3. The van der Waals surface area contributed by atoms with Gasteiger partial charge in [0, 0.05) is 18.7 Å². The summed E-state index contributed by atoms with van der Waals surface area (Å²) < 4.78 is 0. The molecule has 1 amide bonds. The van der Waals surface area contributed by atoms with Crippen LogP contribution in [0.4, 0.5) is 0 Å². The van der Waals surface area contributed by atoms with Crippen molar-refractivity contribution in [1.29, 1.82) is 0 Å². The summed E-state index contributed by atoms with van der Waals surface area (Å²) in [5.41, 5.74) is 0. The highest BCUT2D eigenvalue weighted by Gasteiger charge is 2.25. The van der Waals surface area contributed by atoms with Gasteiger partial charge in [0.15, 0.2) is 0 Å². The van der Waals surface area contributed by atoms with Crippen LogP contribution in [0.15, 0.2) is 12.3 Å². The van der Waals surface area contributed by atoms with Crippen molar-refractivity contribution in [2.75, 3.05) is 13.1 Å². The largest absolute Gasteiger partial charge is 0.317 e. The molecule has 66 valence electrons. The normalized spacial score (nSPS) is 25.3. The van der Waals surface area contributed by atoms with E-state index in [1.807, 2.05) is 17.2 Å². The summed E-state index contributed by atoms with van der Waals surface area (Å²) in [5, 5.41) is 3.29. The first-order valence-corrected chi connectivity index (χ1v) is 4.56. The van der Waals surface area contributed by atoms with Crippen LogP contribution in [0.3, 0.4) is 0 Å². The third-order valence-corrected chi connectivity index (χ3v) is 2.55. The second-order valence-electron chi connectivity index (χ2n) is 3.37. The Morgan fingerprint density at radius 3 is 2.75 bits per heavy atom. The molecule has 0 bridgehead atoms. The molecule has 2 aliphatic heterocycles. The minimum Gasteiger partial charge on any atom is -0.317 e. The Morgan fingerprint density at radius 2 is 2.17 bits per heavy atom. The summed E-state index contributed by atoms with van der Waals surface area (Å²) in [6.45, 7) is 2.09. The molecular formula is C9H14N2O. The van der Waals surface area contributed by atoms with Gasteiger partial charge < -0.3 is 10.2 Å². The predicted octanol–water partition coefficient (Wildman–Crippen LogP) is 0.484. The number of carbonyl (C=O) groups is 1. The van der Waals surface area contributed by atoms with Crippen LogP contribution in [0, 0.1) is 0 Å². The lowest BCUT2D eigenvalue weighted by molar-refractivity contribution is -0.128. The van der Waals surface area contributed by atoms with Crippen molar-refractivity contribution in [3.63, 3.8) is 0 Å². The van der Waals surface area contributed by atoms with Crippen molar-refractivity contribution in [3.8, 4) is 0 Å². The molecule has 3 heteroatoms. The molecule has 0 aromatic carbocycles. The third kappa shape index (κ3) is 1.37. The minimum absolute atomic E-state index is 0.266. The molecule has 0 unspecified atom stereocenters. The maximum Gasteiger partial charge on any atom is 0.230 e. The number of carbonyl (C=O) groups excluding carboxylic acids is 1. The highest BCUT2D eigenvalue weighted by molar-refractivity contribution is 5.81. The van der Waals surface area contributed by atoms with Gasteiger partial charge in [0.2, 0.25) is 5.91 Å². The van der Waals surface area contributed by atoms with Crippen molar-refractivity contribution in [3.05, 3.63) is 12.3 Å². The van der Waals surface area contributed by atoms with Crippen molar-refractivity contribution in [2.45, 2.75) is 25.3 Å². The lowest BCUT2D eigenvalue weighted by Crippen LogP contribution is -2.41. The van der Waals surface area contributed by atoms with Gasteiger partial charge in [-0.3, -0.25) is 4.79 Å². The molecule has 1 fully saturated rings. The Balaban J connectivity index is 1.97. The summed E-state index contributed by atoms with van der Waals surface area (Å²) in [4.78, 5) is 13.2. The van der Waals surface area contributed by atoms with E-state index in [9.17, 15) is 4.79 Å². The highest BCUT2D eigenvalue weighted by Crippen LogP contribution is 2.17. The lowest BCUT2D eigenvalue weighted by atomic mass is 10.1. The van der Waals surface area contributed by atoms with E-state index < -0.39 is 0 Å². The van der Waals surface area contributed by atoms with E-state index in [2.05, 4.69) is 5.32 Å². The predicted molar refractivity (Wildman–Crippen MR) is 46.5 cm³/mol. The summed E-state index contributed by atoms with van der Waals surface area (Å²) in [6, 6.07) is 0.456. The molecule has 2 aliphatic rings. The van der Waals surface area contributed by atoms with E-state index >= 15 is 0 Å². The molecule has 0 aromatic heterocycles. The zero-order valence-corrected chi connectivity index (χ0v) is 7.12. The second kappa shape index (κ2) is 3.27. The quantitative estimate of drug-likeness (QED) is 0.614. The number of nitrogens with one attached hydrogen (secondary N) is 1. The Morgan fingerprint density at radius 1 is 1.42 bits per heavy atom. The van der Waals surface area contributed by atoms with Crippen molar-refractivity contribution < 1.29 is 4.79 Å². The molecule has 0 spiro atoms. The van der Waals surface area contributed by atoms with E-state index in [4.69, 9.17) is 0 Å². The second-order valence-corrected chi connectivity index (χ2v) is 3.37. The zero-order valence-electron chi connectivity index (χ0n) is 7.12. The van der Waals surface area contributed by atoms with E-state index in [1.54, 1.807) is 0 Å². The van der Waals surface area contributed by atoms with Gasteiger partial charge >= 0.3 is 0 Å². The summed E-state index contributed by atoms with van der Waals surface area (Å²) in [6.07, 6.45) is 6.68. The number of hydrogen-bond acceptors (Lipinski definition) is 2. The Labute approximate surface area is 72.4 Å². The fourth-order valence-electron chi connectivity index (χ4n) is 1.87. The molecule has 0 saturated carbocycles. The van der Waals surface area contributed by atoms with E-state index in [-0.39, 0.29) is 5.91 Å². The number of hydrogen-bond donors (Lipinski definition) is 1. The van der Waals surface area contributed by atoms with E-state index in [0.717, 1.165) is 25.9 Å². The molecule has 1 N–H and O–H groups in total. The van der Waals surface area contributed by atoms with Crippen molar-refractivity contribution in [1.82, 2.24) is 10.2 Å². The van der Waals surface area contributed by atoms with Gasteiger partial charge in [0.1, 0.15) is 0 Å². The lowest BCUT2D eigenvalue weighted by Gasteiger charge is -2.29. The summed E-state index contributed by atoms with van der Waals surface area (Å²) in [5.74, 6) is 0.266. The fraction of sp³-hybridized carbons (Fsp3) is 0.667. The van der Waals surface area contributed by atoms with Gasteiger partial charge in [-0.15, -0.1) is 0 Å². The van der Waals surface area contributed by atoms with Crippen LogP contribution in [0.2, 0.25) is 0 Å². The third-order valence-electron chi connectivity index (χ3n) is 2.55. The first-order valence-electron chi connectivity index (χ1n) is 4.56. The number of piperidine rings is 1. The average Bonchev–Trinajstić information content (AvgIpc) is 2.53. The van der Waals surface area contributed by atoms with Gasteiger partial charge in [-0.1, -0.05) is 6.08 Å². The molecule has 3 nitrogen and oxygen atoms in total. The molecule has 0 aliphatic carbocycles. The first-order chi connectivity index (χ1) is 5.88. The van der Waals surface area contributed by atoms with Crippen molar-refractivity contribution in [2.24, 2.45) is 0 Å². The summed E-state index contributed by atoms with van der Waals surface area (Å²) in [7, 11) is 0.